The van der Waals surface area contributed by atoms with Gasteiger partial charge in [-0.15, -0.1) is 0 Å². The molecule has 10 nitrogen and oxygen atoms in total. The molecule has 1 aliphatic rings. The molecule has 40 heavy (non-hydrogen) atoms. The number of halogens is 2. The molecule has 0 atom stereocenters. The van der Waals surface area contributed by atoms with Gasteiger partial charge in [0.15, 0.2) is 0 Å². The lowest BCUT2D eigenvalue weighted by molar-refractivity contribution is -0.127. The van der Waals surface area contributed by atoms with Gasteiger partial charge in [-0.1, -0.05) is 28.8 Å². The molecule has 1 aromatic carbocycles. The Hall–Kier alpha value is -3.34. The number of pyridine rings is 1. The molecule has 0 bridgehead atoms. The molecular formula is C28H34Cl2N6O4. The third-order valence-corrected chi connectivity index (χ3v) is 7.60. The van der Waals surface area contributed by atoms with E-state index in [-0.39, 0.29) is 21.5 Å². The summed E-state index contributed by atoms with van der Waals surface area (Å²) in [5.41, 5.74) is 1.84. The molecule has 1 saturated heterocycles. The number of methoxy groups -OCH3 is 2. The molecule has 0 saturated carbocycles. The van der Waals surface area contributed by atoms with Crippen molar-refractivity contribution in [1.29, 1.82) is 0 Å². The first kappa shape index (κ1) is 29.6. The second kappa shape index (κ2) is 12.9. The molecule has 1 N–H and O–H groups in total. The lowest BCUT2D eigenvalue weighted by atomic mass is 10.0. The summed E-state index contributed by atoms with van der Waals surface area (Å²) < 4.78 is 12.5. The van der Waals surface area contributed by atoms with E-state index in [1.54, 1.807) is 36.0 Å². The Morgan fingerprint density at radius 3 is 2.27 bits per heavy atom. The number of carbonyl (C=O) groups is 1. The van der Waals surface area contributed by atoms with Crippen LogP contribution in [0.2, 0.25) is 10.0 Å². The normalized spacial score (nSPS) is 13.8. The molecule has 1 aliphatic heterocycles. The van der Waals surface area contributed by atoms with E-state index in [4.69, 9.17) is 32.7 Å². The van der Waals surface area contributed by atoms with Crippen LogP contribution in [0.25, 0.3) is 22.2 Å². The molecule has 1 amide bonds. The highest BCUT2D eigenvalue weighted by Gasteiger charge is 2.24. The maximum absolute atomic E-state index is 14.0. The Morgan fingerprint density at radius 1 is 1.05 bits per heavy atom. The first-order valence-corrected chi connectivity index (χ1v) is 13.8. The maximum Gasteiger partial charge on any atom is 0.260 e. The Kier molecular flexibility index (Phi) is 9.55. The van der Waals surface area contributed by atoms with Gasteiger partial charge < -0.3 is 19.7 Å². The number of nitrogens with zero attached hydrogens (tertiary/aromatic N) is 5. The first-order chi connectivity index (χ1) is 19.2. The Bertz CT molecular complexity index is 1470. The lowest BCUT2D eigenvalue weighted by Crippen LogP contribution is -2.48. The second-order valence-electron chi connectivity index (χ2n) is 9.76. The number of piperazine rings is 1. The average molecular weight is 590 g/mol. The number of amides is 1. The summed E-state index contributed by atoms with van der Waals surface area (Å²) in [7, 11) is 4.70. The van der Waals surface area contributed by atoms with E-state index < -0.39 is 0 Å². The number of nitrogens with one attached hydrogen (secondary N) is 1. The topological polar surface area (TPSA) is 102 Å². The van der Waals surface area contributed by atoms with Crippen LogP contribution in [0.4, 0.5) is 5.95 Å². The van der Waals surface area contributed by atoms with Crippen LogP contribution < -0.4 is 20.3 Å². The molecule has 3 aromatic rings. The van der Waals surface area contributed by atoms with Crippen molar-refractivity contribution in [3.63, 3.8) is 0 Å². The van der Waals surface area contributed by atoms with E-state index in [9.17, 15) is 9.59 Å². The van der Waals surface area contributed by atoms with Crippen molar-refractivity contribution < 1.29 is 14.3 Å². The Labute approximate surface area is 243 Å². The molecule has 3 heterocycles. The van der Waals surface area contributed by atoms with Crippen LogP contribution in [0, 0.1) is 0 Å². The van der Waals surface area contributed by atoms with Crippen LogP contribution in [-0.2, 0) is 11.3 Å². The van der Waals surface area contributed by atoms with Crippen molar-refractivity contribution in [2.75, 3.05) is 59.3 Å². The number of hydrogen-bond donors (Lipinski definition) is 1. The maximum atomic E-state index is 14.0. The summed E-state index contributed by atoms with van der Waals surface area (Å²) in [5, 5.41) is 4.02. The largest absolute Gasteiger partial charge is 0.495 e. The molecule has 2 aromatic heterocycles. The fourth-order valence-electron chi connectivity index (χ4n) is 4.77. The summed E-state index contributed by atoms with van der Waals surface area (Å²) in [6.07, 6.45) is 4.04. The minimum atomic E-state index is -0.288. The SMILES string of the molecule is CNc1ncc2cc(-c3c(Cl)c(OC)cc(OC)c3Cl)c(=O)n(CCCN3CCN(C(=O)C=C(C)C)CC3)c2n1. The van der Waals surface area contributed by atoms with Gasteiger partial charge in [0.2, 0.25) is 11.9 Å². The number of hydrogen-bond acceptors (Lipinski definition) is 8. The number of allylic oxidation sites excluding steroid dienone is 1. The molecule has 214 valence electrons. The zero-order chi connectivity index (χ0) is 29.0. The highest BCUT2D eigenvalue weighted by Crippen LogP contribution is 2.45. The van der Waals surface area contributed by atoms with Crippen LogP contribution in [0.1, 0.15) is 20.3 Å². The van der Waals surface area contributed by atoms with Crippen LogP contribution in [-0.4, -0.2) is 84.2 Å². The molecule has 0 spiro atoms. The number of rotatable bonds is 9. The van der Waals surface area contributed by atoms with Crippen LogP contribution in [0.15, 0.2) is 34.8 Å². The molecule has 12 heteroatoms. The van der Waals surface area contributed by atoms with Crippen LogP contribution in [0.5, 0.6) is 11.5 Å². The molecule has 4 rings (SSSR count). The zero-order valence-electron chi connectivity index (χ0n) is 23.4. The van der Waals surface area contributed by atoms with Gasteiger partial charge in [-0.3, -0.25) is 19.1 Å². The number of anilines is 1. The van der Waals surface area contributed by atoms with Crippen molar-refractivity contribution in [2.24, 2.45) is 0 Å². The van der Waals surface area contributed by atoms with Gasteiger partial charge in [0.05, 0.1) is 29.8 Å². The number of carbonyl (C=O) groups excluding carboxylic acids is 1. The smallest absolute Gasteiger partial charge is 0.260 e. The summed E-state index contributed by atoms with van der Waals surface area (Å²) in [6, 6.07) is 3.28. The van der Waals surface area contributed by atoms with Crippen molar-refractivity contribution in [2.45, 2.75) is 26.8 Å². The van der Waals surface area contributed by atoms with Crippen molar-refractivity contribution in [3.05, 3.63) is 50.4 Å². The molecular weight excluding hydrogens is 555 g/mol. The molecule has 0 radical (unpaired) electrons. The van der Waals surface area contributed by atoms with Crippen molar-refractivity contribution >= 4 is 46.1 Å². The van der Waals surface area contributed by atoms with E-state index in [0.29, 0.717) is 65.7 Å². The van der Waals surface area contributed by atoms with Crippen molar-refractivity contribution in [3.8, 4) is 22.6 Å². The number of aromatic nitrogens is 3. The summed E-state index contributed by atoms with van der Waals surface area (Å²) in [6.45, 7) is 7.93. The monoisotopic (exact) mass is 588 g/mol. The number of benzene rings is 1. The van der Waals surface area contributed by atoms with Gasteiger partial charge in [-0.2, -0.15) is 4.98 Å². The van der Waals surface area contributed by atoms with Gasteiger partial charge in [0, 0.05) is 69.1 Å². The van der Waals surface area contributed by atoms with Crippen LogP contribution in [0.3, 0.4) is 0 Å². The van der Waals surface area contributed by atoms with E-state index in [1.807, 2.05) is 18.7 Å². The third-order valence-electron chi connectivity index (χ3n) is 6.85. The van der Waals surface area contributed by atoms with E-state index in [0.717, 1.165) is 25.2 Å². The van der Waals surface area contributed by atoms with Gasteiger partial charge in [0.1, 0.15) is 17.1 Å². The second-order valence-corrected chi connectivity index (χ2v) is 10.5. The molecule has 0 unspecified atom stereocenters. The fraction of sp³-hybridized carbons (Fsp3) is 0.429. The Morgan fingerprint density at radius 2 is 1.70 bits per heavy atom. The number of aryl methyl sites for hydroxylation is 1. The lowest BCUT2D eigenvalue weighted by Gasteiger charge is -2.34. The van der Waals surface area contributed by atoms with E-state index >= 15 is 0 Å². The summed E-state index contributed by atoms with van der Waals surface area (Å²) >= 11 is 13.4. The van der Waals surface area contributed by atoms with Gasteiger partial charge in [-0.25, -0.2) is 4.98 Å². The molecule has 0 aliphatic carbocycles. The third kappa shape index (κ3) is 6.19. The Balaban J connectivity index is 1.65. The highest BCUT2D eigenvalue weighted by atomic mass is 35.5. The summed E-state index contributed by atoms with van der Waals surface area (Å²) in [5.74, 6) is 1.14. The predicted molar refractivity (Wildman–Crippen MR) is 159 cm³/mol. The van der Waals surface area contributed by atoms with E-state index in [1.165, 1.54) is 14.2 Å². The number of fused-ring (bicyclic) bond motifs is 1. The van der Waals surface area contributed by atoms with Crippen molar-refractivity contribution in [1.82, 2.24) is 24.3 Å². The van der Waals surface area contributed by atoms with E-state index in [2.05, 4.69) is 20.2 Å². The standard InChI is InChI=1S/C28H34Cl2N6O4/c1-17(2)13-22(37)35-11-9-34(10-12-35)7-6-8-36-26-18(16-32-28(31-3)33-26)14-19(27(36)38)23-24(29)20(39-4)15-21(40-5)25(23)30/h13-16H,6-12H2,1-5H3,(H,31,32,33). The summed E-state index contributed by atoms with van der Waals surface area (Å²) in [4.78, 5) is 39.4. The number of ether oxygens (including phenoxy) is 2. The average Bonchev–Trinajstić information content (AvgIpc) is 2.94. The fourth-order valence-corrected chi connectivity index (χ4v) is 5.47. The van der Waals surface area contributed by atoms with Gasteiger partial charge >= 0.3 is 0 Å². The van der Waals surface area contributed by atoms with Gasteiger partial charge in [-0.05, 0) is 32.9 Å². The zero-order valence-corrected chi connectivity index (χ0v) is 24.9. The van der Waals surface area contributed by atoms with Crippen LogP contribution >= 0.6 is 23.2 Å². The van der Waals surface area contributed by atoms with Gasteiger partial charge in [0.25, 0.3) is 5.56 Å². The predicted octanol–water partition coefficient (Wildman–Crippen LogP) is 4.32. The minimum absolute atomic E-state index is 0.0565. The minimum Gasteiger partial charge on any atom is -0.495 e. The molecule has 1 fully saturated rings. The quantitative estimate of drug-likeness (QED) is 0.369. The highest BCUT2D eigenvalue weighted by molar-refractivity contribution is 6.41. The first-order valence-electron chi connectivity index (χ1n) is 13.0.